The minimum Gasteiger partial charge on any atom is -0.349 e. The Morgan fingerprint density at radius 1 is 1.02 bits per heavy atom. The third kappa shape index (κ3) is 4.59. The molecule has 2 N–H and O–H groups in total. The molecular weight excluding hydrogens is 544 g/mol. The number of thiocarbonyl (C=S) groups is 1. The Morgan fingerprint density at radius 3 is 2.40 bits per heavy atom. The number of anilines is 2. The number of carbonyl (C=O) groups is 2. The lowest BCUT2D eigenvalue weighted by atomic mass is 9.86. The molecule has 3 aliphatic rings. The quantitative estimate of drug-likeness (QED) is 0.465. The normalized spacial score (nSPS) is 20.1. The van der Waals surface area contributed by atoms with Crippen LogP contribution in [-0.4, -0.2) is 66.0 Å². The fraction of sp³-hybridized carbons (Fsp3) is 0.267. The highest BCUT2D eigenvalue weighted by Crippen LogP contribution is 2.36. The van der Waals surface area contributed by atoms with Gasteiger partial charge in [-0.25, -0.2) is 4.99 Å². The van der Waals surface area contributed by atoms with E-state index in [1.165, 1.54) is 0 Å². The van der Waals surface area contributed by atoms with E-state index in [4.69, 9.17) is 28.8 Å². The second-order valence-electron chi connectivity index (χ2n) is 10.2. The maximum absolute atomic E-state index is 13.6. The SMILES string of the molecule is CN1C(=O)C(NC(=S)N2CCC3(CC2)C(=O)NCN3c2ccccc2)N=C(c2ccccc2)c2cc(Cl)ccc21. The first-order valence-corrected chi connectivity index (χ1v) is 14.0. The van der Waals surface area contributed by atoms with Crippen molar-refractivity contribution < 1.29 is 9.59 Å². The minimum atomic E-state index is -0.926. The molecule has 3 aliphatic heterocycles. The maximum Gasteiger partial charge on any atom is 0.272 e. The fourth-order valence-corrected chi connectivity index (χ4v) is 6.25. The molecule has 1 unspecified atom stereocenters. The lowest BCUT2D eigenvalue weighted by Gasteiger charge is -2.44. The summed E-state index contributed by atoms with van der Waals surface area (Å²) < 4.78 is 0. The van der Waals surface area contributed by atoms with E-state index in [1.54, 1.807) is 18.0 Å². The molecule has 3 aromatic carbocycles. The molecule has 8 nitrogen and oxygen atoms in total. The summed E-state index contributed by atoms with van der Waals surface area (Å²) in [5.74, 6) is -0.181. The molecule has 40 heavy (non-hydrogen) atoms. The number of halogens is 1. The summed E-state index contributed by atoms with van der Waals surface area (Å²) in [6.45, 7) is 1.63. The van der Waals surface area contributed by atoms with Crippen molar-refractivity contribution >= 4 is 57.8 Å². The Morgan fingerprint density at radius 2 is 1.70 bits per heavy atom. The Hall–Kier alpha value is -3.95. The summed E-state index contributed by atoms with van der Waals surface area (Å²) in [5, 5.41) is 7.25. The van der Waals surface area contributed by atoms with Gasteiger partial charge in [0, 0.05) is 42.0 Å². The first kappa shape index (κ1) is 26.3. The fourth-order valence-electron chi connectivity index (χ4n) is 5.79. The number of amides is 2. The smallest absolute Gasteiger partial charge is 0.272 e. The summed E-state index contributed by atoms with van der Waals surface area (Å²) in [7, 11) is 1.73. The molecule has 2 saturated heterocycles. The molecule has 0 aliphatic carbocycles. The highest BCUT2D eigenvalue weighted by atomic mass is 35.5. The minimum absolute atomic E-state index is 0.0454. The van der Waals surface area contributed by atoms with E-state index in [0.717, 1.165) is 22.5 Å². The van der Waals surface area contributed by atoms with Gasteiger partial charge in [-0.05, 0) is 55.4 Å². The van der Waals surface area contributed by atoms with Gasteiger partial charge < -0.3 is 25.3 Å². The van der Waals surface area contributed by atoms with Crippen LogP contribution in [-0.2, 0) is 9.59 Å². The zero-order valence-corrected chi connectivity index (χ0v) is 23.6. The van der Waals surface area contributed by atoms with Gasteiger partial charge in [-0.2, -0.15) is 0 Å². The van der Waals surface area contributed by atoms with Crippen molar-refractivity contribution in [3.63, 3.8) is 0 Å². The van der Waals surface area contributed by atoms with Gasteiger partial charge in [-0.1, -0.05) is 60.1 Å². The summed E-state index contributed by atoms with van der Waals surface area (Å²) in [4.78, 5) is 37.3. The van der Waals surface area contributed by atoms with Crippen molar-refractivity contribution in [3.8, 4) is 0 Å². The van der Waals surface area contributed by atoms with Gasteiger partial charge in [-0.3, -0.25) is 9.59 Å². The van der Waals surface area contributed by atoms with Crippen LogP contribution < -0.4 is 20.4 Å². The predicted molar refractivity (Wildman–Crippen MR) is 162 cm³/mol. The Labute approximate surface area is 243 Å². The standard InChI is InChI=1S/C30H29ClN6O2S/c1-35-24-13-12-21(31)18-23(24)25(20-8-4-2-5-9-20)33-26(27(35)38)34-29(40)36-16-14-30(15-17-36)28(39)32-19-37(30)22-10-6-3-7-11-22/h2-13,18,26H,14-17,19H2,1H3,(H,32,39)(H,34,40). The van der Waals surface area contributed by atoms with E-state index >= 15 is 0 Å². The van der Waals surface area contributed by atoms with Gasteiger partial charge in [0.2, 0.25) is 12.1 Å². The molecule has 1 atom stereocenters. The zero-order chi connectivity index (χ0) is 27.9. The highest BCUT2D eigenvalue weighted by Gasteiger charge is 2.50. The third-order valence-electron chi connectivity index (χ3n) is 7.99. The van der Waals surface area contributed by atoms with E-state index in [1.807, 2.05) is 77.7 Å². The molecule has 10 heteroatoms. The monoisotopic (exact) mass is 572 g/mol. The first-order valence-electron chi connectivity index (χ1n) is 13.2. The van der Waals surface area contributed by atoms with Crippen molar-refractivity contribution in [3.05, 3.63) is 95.0 Å². The molecule has 2 fully saturated rings. The Balaban J connectivity index is 1.24. The van der Waals surface area contributed by atoms with Crippen LogP contribution in [0.15, 0.2) is 83.9 Å². The number of aliphatic imine (C=N–C) groups is 1. The number of hydrogen-bond acceptors (Lipinski definition) is 5. The number of nitrogens with zero attached hydrogens (tertiary/aromatic N) is 4. The second kappa shape index (κ2) is 10.6. The number of hydrogen-bond donors (Lipinski definition) is 2. The second-order valence-corrected chi connectivity index (χ2v) is 11.0. The van der Waals surface area contributed by atoms with Crippen molar-refractivity contribution in [2.45, 2.75) is 24.5 Å². The summed E-state index contributed by atoms with van der Waals surface area (Å²) in [5.41, 5.74) is 3.43. The molecule has 204 valence electrons. The van der Waals surface area contributed by atoms with Crippen LogP contribution in [0.2, 0.25) is 5.02 Å². The van der Waals surface area contributed by atoms with E-state index in [-0.39, 0.29) is 11.8 Å². The highest BCUT2D eigenvalue weighted by molar-refractivity contribution is 7.80. The van der Waals surface area contributed by atoms with Gasteiger partial charge in [0.05, 0.1) is 18.1 Å². The van der Waals surface area contributed by atoms with Gasteiger partial charge >= 0.3 is 0 Å². The molecule has 1 spiro atoms. The summed E-state index contributed by atoms with van der Waals surface area (Å²) >= 11 is 12.2. The molecule has 0 aromatic heterocycles. The number of carbonyl (C=O) groups excluding carboxylic acids is 2. The Kier molecular flexibility index (Phi) is 6.93. The number of likely N-dealkylation sites (tertiary alicyclic amines) is 1. The van der Waals surface area contributed by atoms with Crippen LogP contribution in [0.3, 0.4) is 0 Å². The molecule has 0 saturated carbocycles. The van der Waals surface area contributed by atoms with Crippen molar-refractivity contribution in [1.82, 2.24) is 15.5 Å². The molecule has 6 rings (SSSR count). The molecule has 3 aromatic rings. The number of likely N-dealkylation sites (N-methyl/N-ethyl adjacent to an activating group) is 1. The van der Waals surface area contributed by atoms with Crippen LogP contribution in [0.4, 0.5) is 11.4 Å². The number of fused-ring (bicyclic) bond motifs is 1. The molecule has 0 bridgehead atoms. The van der Waals surface area contributed by atoms with Gasteiger partial charge in [-0.15, -0.1) is 0 Å². The van der Waals surface area contributed by atoms with Gasteiger partial charge in [0.15, 0.2) is 5.11 Å². The topological polar surface area (TPSA) is 80.3 Å². The lowest BCUT2D eigenvalue weighted by molar-refractivity contribution is -0.124. The summed E-state index contributed by atoms with van der Waals surface area (Å²) in [6.07, 6.45) is 0.290. The van der Waals surface area contributed by atoms with E-state index in [0.29, 0.717) is 48.4 Å². The Bertz CT molecular complexity index is 1490. The van der Waals surface area contributed by atoms with Crippen molar-refractivity contribution in [1.29, 1.82) is 0 Å². The number of benzodiazepines with no additional fused rings is 1. The molecule has 0 radical (unpaired) electrons. The van der Waals surface area contributed by atoms with E-state index in [2.05, 4.69) is 15.5 Å². The predicted octanol–water partition coefficient (Wildman–Crippen LogP) is 3.78. The van der Waals surface area contributed by atoms with Crippen molar-refractivity contribution in [2.24, 2.45) is 4.99 Å². The van der Waals surface area contributed by atoms with E-state index in [9.17, 15) is 9.59 Å². The van der Waals surface area contributed by atoms with Gasteiger partial charge in [0.1, 0.15) is 5.54 Å². The largest absolute Gasteiger partial charge is 0.349 e. The van der Waals surface area contributed by atoms with E-state index < -0.39 is 11.7 Å². The van der Waals surface area contributed by atoms with Crippen LogP contribution in [0.5, 0.6) is 0 Å². The number of piperidine rings is 1. The number of para-hydroxylation sites is 1. The number of rotatable bonds is 3. The molecular formula is C30H29ClN6O2S. The maximum atomic E-state index is 13.6. The van der Waals surface area contributed by atoms with Crippen molar-refractivity contribution in [2.75, 3.05) is 36.6 Å². The summed E-state index contributed by atoms with van der Waals surface area (Å²) in [6, 6.07) is 25.2. The van der Waals surface area contributed by atoms with Gasteiger partial charge in [0.25, 0.3) is 5.91 Å². The number of nitrogens with one attached hydrogen (secondary N) is 2. The van der Waals surface area contributed by atoms with Crippen LogP contribution >= 0.6 is 23.8 Å². The lowest BCUT2D eigenvalue weighted by Crippen LogP contribution is -2.59. The van der Waals surface area contributed by atoms with Crippen LogP contribution in [0, 0.1) is 0 Å². The van der Waals surface area contributed by atoms with Crippen LogP contribution in [0.1, 0.15) is 24.0 Å². The molecule has 3 heterocycles. The third-order valence-corrected chi connectivity index (χ3v) is 8.60. The average Bonchev–Trinajstić information content (AvgIpc) is 3.25. The average molecular weight is 573 g/mol. The molecule has 2 amide bonds. The zero-order valence-electron chi connectivity index (χ0n) is 22.0. The first-order chi connectivity index (χ1) is 19.4. The van der Waals surface area contributed by atoms with Crippen LogP contribution in [0.25, 0.3) is 0 Å². The number of benzene rings is 3.